The molecule has 0 spiro atoms. The number of amides is 2. The Balaban J connectivity index is 2.28. The Bertz CT molecular complexity index is 689. The third-order valence-electron chi connectivity index (χ3n) is 3.70. The molecule has 2 aromatic carbocycles. The summed E-state index contributed by atoms with van der Waals surface area (Å²) in [5, 5.41) is 13.9. The van der Waals surface area contributed by atoms with E-state index in [1.165, 1.54) is 25.8 Å². The monoisotopic (exact) mass is 286 g/mol. The Morgan fingerprint density at radius 3 is 2.38 bits per heavy atom. The zero-order chi connectivity index (χ0) is 15.6. The fourth-order valence-corrected chi connectivity index (χ4v) is 1.93. The van der Waals surface area contributed by atoms with Gasteiger partial charge in [-0.15, -0.1) is 0 Å². The molecule has 0 aliphatic heterocycles. The molecule has 2 aromatic rings. The fraction of sp³-hybridized carbons (Fsp3) is 0.250. The average molecular weight is 286 g/mol. The van der Waals surface area contributed by atoms with Crippen molar-refractivity contribution >= 4 is 28.5 Å². The average Bonchev–Trinajstić information content (AvgIpc) is 2.46. The maximum Gasteiger partial charge on any atom is 0.329 e. The summed E-state index contributed by atoms with van der Waals surface area (Å²) < 4.78 is 0. The smallest absolute Gasteiger partial charge is 0.329 e. The lowest BCUT2D eigenvalue weighted by Crippen LogP contribution is -2.52. The highest BCUT2D eigenvalue weighted by molar-refractivity contribution is 6.02. The number of hydrogen-bond acceptors (Lipinski definition) is 2. The molecule has 2 rings (SSSR count). The molecule has 2 amide bonds. The van der Waals surface area contributed by atoms with Gasteiger partial charge < -0.3 is 15.3 Å². The molecule has 0 aliphatic rings. The number of rotatable bonds is 3. The number of nitrogens with zero attached hydrogens (tertiary/aromatic N) is 1. The highest BCUT2D eigenvalue weighted by atomic mass is 16.4. The van der Waals surface area contributed by atoms with E-state index in [0.29, 0.717) is 5.69 Å². The van der Waals surface area contributed by atoms with Crippen LogP contribution in [0, 0.1) is 0 Å². The number of benzene rings is 2. The largest absolute Gasteiger partial charge is 0.480 e. The summed E-state index contributed by atoms with van der Waals surface area (Å²) in [5.41, 5.74) is -0.625. The van der Waals surface area contributed by atoms with Gasteiger partial charge in [0.25, 0.3) is 0 Å². The van der Waals surface area contributed by atoms with E-state index in [4.69, 9.17) is 0 Å². The number of carbonyl (C=O) groups excluding carboxylic acids is 1. The molecule has 0 fully saturated rings. The third-order valence-corrected chi connectivity index (χ3v) is 3.70. The van der Waals surface area contributed by atoms with Crippen LogP contribution in [0.4, 0.5) is 10.5 Å². The summed E-state index contributed by atoms with van der Waals surface area (Å²) in [6.07, 6.45) is 0. The molecule has 0 aliphatic carbocycles. The van der Waals surface area contributed by atoms with E-state index in [9.17, 15) is 14.7 Å². The summed E-state index contributed by atoms with van der Waals surface area (Å²) in [6.45, 7) is 2.97. The van der Waals surface area contributed by atoms with Gasteiger partial charge in [0.1, 0.15) is 5.54 Å². The molecule has 0 saturated carbocycles. The lowest BCUT2D eigenvalue weighted by molar-refractivity contribution is -0.146. The van der Waals surface area contributed by atoms with Crippen LogP contribution in [-0.2, 0) is 4.79 Å². The first-order valence-corrected chi connectivity index (χ1v) is 6.60. The Hall–Kier alpha value is -2.56. The van der Waals surface area contributed by atoms with Crippen LogP contribution in [0.5, 0.6) is 0 Å². The number of carboxylic acids is 1. The van der Waals surface area contributed by atoms with Gasteiger partial charge in [-0.1, -0.05) is 36.4 Å². The standard InChI is InChI=1S/C16H18N2O3/c1-16(2,14(19)20)18(3)15(21)17-13-10-6-8-11-7-4-5-9-12(11)13/h4-10H,1-3H3,(H,17,21)(H,19,20). The van der Waals surface area contributed by atoms with Crippen LogP contribution in [0.2, 0.25) is 0 Å². The van der Waals surface area contributed by atoms with Gasteiger partial charge in [0.15, 0.2) is 0 Å². The first-order valence-electron chi connectivity index (χ1n) is 6.60. The number of likely N-dealkylation sites (N-methyl/N-ethyl adjacent to an activating group) is 1. The topological polar surface area (TPSA) is 69.6 Å². The van der Waals surface area contributed by atoms with Gasteiger partial charge in [0, 0.05) is 12.4 Å². The Labute approximate surface area is 123 Å². The van der Waals surface area contributed by atoms with E-state index >= 15 is 0 Å². The minimum atomic E-state index is -1.28. The molecule has 5 nitrogen and oxygen atoms in total. The number of anilines is 1. The molecule has 5 heteroatoms. The van der Waals surface area contributed by atoms with Gasteiger partial charge >= 0.3 is 12.0 Å². The maximum absolute atomic E-state index is 12.3. The predicted octanol–water partition coefficient (Wildman–Crippen LogP) is 3.17. The van der Waals surface area contributed by atoms with E-state index in [1.807, 2.05) is 36.4 Å². The van der Waals surface area contributed by atoms with E-state index in [2.05, 4.69) is 5.32 Å². The van der Waals surface area contributed by atoms with E-state index in [1.54, 1.807) is 6.07 Å². The Kier molecular flexibility index (Phi) is 3.84. The molecule has 21 heavy (non-hydrogen) atoms. The molecule has 0 aromatic heterocycles. The third kappa shape index (κ3) is 2.81. The number of urea groups is 1. The van der Waals surface area contributed by atoms with Crippen LogP contribution in [0.25, 0.3) is 10.8 Å². The van der Waals surface area contributed by atoms with Crippen LogP contribution in [0.15, 0.2) is 42.5 Å². The van der Waals surface area contributed by atoms with Crippen molar-refractivity contribution in [3.8, 4) is 0 Å². The van der Waals surface area contributed by atoms with E-state index < -0.39 is 17.5 Å². The summed E-state index contributed by atoms with van der Waals surface area (Å²) in [5.74, 6) is -1.06. The molecular weight excluding hydrogens is 268 g/mol. The van der Waals surface area contributed by atoms with Crippen molar-refractivity contribution in [1.29, 1.82) is 0 Å². The molecular formula is C16H18N2O3. The molecule has 2 N–H and O–H groups in total. The fourth-order valence-electron chi connectivity index (χ4n) is 1.93. The van der Waals surface area contributed by atoms with Crippen molar-refractivity contribution in [2.24, 2.45) is 0 Å². The Morgan fingerprint density at radius 2 is 1.71 bits per heavy atom. The van der Waals surface area contributed by atoms with Crippen molar-refractivity contribution in [3.63, 3.8) is 0 Å². The van der Waals surface area contributed by atoms with Gasteiger partial charge in [-0.2, -0.15) is 0 Å². The highest BCUT2D eigenvalue weighted by Crippen LogP contribution is 2.24. The molecule has 0 heterocycles. The van der Waals surface area contributed by atoms with Crippen LogP contribution in [0.3, 0.4) is 0 Å². The lowest BCUT2D eigenvalue weighted by Gasteiger charge is -2.31. The van der Waals surface area contributed by atoms with E-state index in [-0.39, 0.29) is 0 Å². The van der Waals surface area contributed by atoms with Gasteiger partial charge in [-0.05, 0) is 25.3 Å². The molecule has 0 radical (unpaired) electrons. The minimum absolute atomic E-state index is 0.459. The number of carboxylic acid groups (broad SMARTS) is 1. The second-order valence-electron chi connectivity index (χ2n) is 5.38. The summed E-state index contributed by atoms with van der Waals surface area (Å²) >= 11 is 0. The number of fused-ring (bicyclic) bond motifs is 1. The van der Waals surface area contributed by atoms with Crippen molar-refractivity contribution in [1.82, 2.24) is 4.90 Å². The van der Waals surface area contributed by atoms with Gasteiger partial charge in [-0.25, -0.2) is 9.59 Å². The van der Waals surface area contributed by atoms with Crippen molar-refractivity contribution < 1.29 is 14.7 Å². The number of hydrogen-bond donors (Lipinski definition) is 2. The lowest BCUT2D eigenvalue weighted by atomic mass is 10.0. The van der Waals surface area contributed by atoms with Crippen molar-refractivity contribution in [2.45, 2.75) is 19.4 Å². The minimum Gasteiger partial charge on any atom is -0.480 e. The van der Waals surface area contributed by atoms with Crippen molar-refractivity contribution in [2.75, 3.05) is 12.4 Å². The molecule has 0 atom stereocenters. The van der Waals surface area contributed by atoms with Crippen LogP contribution in [-0.4, -0.2) is 34.6 Å². The zero-order valence-corrected chi connectivity index (χ0v) is 12.3. The second-order valence-corrected chi connectivity index (χ2v) is 5.38. The summed E-state index contributed by atoms with van der Waals surface area (Å²) in [4.78, 5) is 24.6. The van der Waals surface area contributed by atoms with E-state index in [0.717, 1.165) is 10.8 Å². The van der Waals surface area contributed by atoms with Crippen LogP contribution >= 0.6 is 0 Å². The van der Waals surface area contributed by atoms with Crippen LogP contribution in [0.1, 0.15) is 13.8 Å². The van der Waals surface area contributed by atoms with Gasteiger partial charge in [0.2, 0.25) is 0 Å². The quantitative estimate of drug-likeness (QED) is 0.910. The molecule has 110 valence electrons. The van der Waals surface area contributed by atoms with Gasteiger partial charge in [0.05, 0.1) is 5.69 Å². The van der Waals surface area contributed by atoms with Crippen LogP contribution < -0.4 is 5.32 Å². The second kappa shape index (κ2) is 5.44. The SMILES string of the molecule is CN(C(=O)Nc1cccc2ccccc12)C(C)(C)C(=O)O. The van der Waals surface area contributed by atoms with Gasteiger partial charge in [-0.3, -0.25) is 0 Å². The predicted molar refractivity (Wildman–Crippen MR) is 82.4 cm³/mol. The Morgan fingerprint density at radius 1 is 1.10 bits per heavy atom. The molecule has 0 bridgehead atoms. The number of carbonyl (C=O) groups is 2. The zero-order valence-electron chi connectivity index (χ0n) is 12.3. The summed E-state index contributed by atoms with van der Waals surface area (Å²) in [6, 6.07) is 12.8. The number of nitrogens with one attached hydrogen (secondary N) is 1. The number of aliphatic carboxylic acids is 1. The maximum atomic E-state index is 12.3. The normalized spacial score (nSPS) is 11.2. The summed E-state index contributed by atoms with van der Waals surface area (Å²) in [7, 11) is 1.47. The molecule has 0 unspecified atom stereocenters. The molecule has 0 saturated heterocycles. The first kappa shape index (κ1) is 14.8. The van der Waals surface area contributed by atoms with Crippen molar-refractivity contribution in [3.05, 3.63) is 42.5 Å². The highest BCUT2D eigenvalue weighted by Gasteiger charge is 2.35. The first-order chi connectivity index (χ1) is 9.84.